The number of carboxylic acids is 1. The second kappa shape index (κ2) is 8.67. The third kappa shape index (κ3) is 4.42. The molecule has 6 nitrogen and oxygen atoms in total. The highest BCUT2D eigenvalue weighted by atomic mass is 127. The molecular weight excluding hydrogens is 514 g/mol. The lowest BCUT2D eigenvalue weighted by Gasteiger charge is -2.17. The van der Waals surface area contributed by atoms with Gasteiger partial charge in [-0.05, 0) is 66.3 Å². The van der Waals surface area contributed by atoms with Gasteiger partial charge in [-0.25, -0.2) is 4.79 Å². The zero-order valence-electron chi connectivity index (χ0n) is 15.1. The van der Waals surface area contributed by atoms with Crippen molar-refractivity contribution < 1.29 is 9.90 Å². The molecule has 0 unspecified atom stereocenters. The van der Waals surface area contributed by atoms with E-state index in [4.69, 9.17) is 23.2 Å². The van der Waals surface area contributed by atoms with E-state index in [0.717, 1.165) is 20.5 Å². The van der Waals surface area contributed by atoms with Crippen molar-refractivity contribution in [2.45, 2.75) is 19.9 Å². The van der Waals surface area contributed by atoms with Crippen LogP contribution in [0.4, 0.5) is 5.69 Å². The van der Waals surface area contributed by atoms with Gasteiger partial charge in [0.15, 0.2) is 5.69 Å². The number of benzene rings is 1. The number of nitrogens with zero attached hydrogens (tertiary/aromatic N) is 3. The van der Waals surface area contributed by atoms with Crippen LogP contribution in [-0.2, 0) is 0 Å². The molecule has 1 atom stereocenters. The third-order valence-corrected chi connectivity index (χ3v) is 5.84. The predicted molar refractivity (Wildman–Crippen MR) is 120 cm³/mol. The van der Waals surface area contributed by atoms with Gasteiger partial charge in [-0.1, -0.05) is 23.2 Å². The first-order valence-electron chi connectivity index (χ1n) is 8.40. The van der Waals surface area contributed by atoms with Crippen molar-refractivity contribution >= 4 is 57.4 Å². The summed E-state index contributed by atoms with van der Waals surface area (Å²) < 4.78 is 2.44. The number of carboxylic acid groups (broad SMARTS) is 1. The summed E-state index contributed by atoms with van der Waals surface area (Å²) in [5.74, 6) is -1.03. The summed E-state index contributed by atoms with van der Waals surface area (Å²) >= 11 is 14.3. The Balaban J connectivity index is 1.87. The van der Waals surface area contributed by atoms with Crippen LogP contribution < -0.4 is 5.32 Å². The summed E-state index contributed by atoms with van der Waals surface area (Å²) in [6, 6.07) is 6.94. The number of anilines is 1. The smallest absolute Gasteiger partial charge is 0.354 e. The van der Waals surface area contributed by atoms with E-state index >= 15 is 0 Å². The highest BCUT2D eigenvalue weighted by Gasteiger charge is 2.22. The summed E-state index contributed by atoms with van der Waals surface area (Å²) in [6.07, 6.45) is 3.24. The van der Waals surface area contributed by atoms with Crippen molar-refractivity contribution in [3.63, 3.8) is 0 Å². The number of rotatable bonds is 6. The first-order chi connectivity index (χ1) is 13.3. The fraction of sp³-hybridized carbons (Fsp3) is 0.211. The van der Waals surface area contributed by atoms with Gasteiger partial charge in [0.25, 0.3) is 0 Å². The molecule has 0 radical (unpaired) electrons. The molecule has 0 aliphatic carbocycles. The van der Waals surface area contributed by atoms with Crippen molar-refractivity contribution in [1.29, 1.82) is 0 Å². The maximum atomic E-state index is 11.9. The van der Waals surface area contributed by atoms with Crippen LogP contribution in [0.25, 0.3) is 11.1 Å². The van der Waals surface area contributed by atoms with E-state index in [1.165, 1.54) is 4.68 Å². The van der Waals surface area contributed by atoms with E-state index < -0.39 is 5.97 Å². The number of pyridine rings is 1. The largest absolute Gasteiger partial charge is 0.477 e. The molecule has 0 bridgehead atoms. The molecule has 28 heavy (non-hydrogen) atoms. The highest BCUT2D eigenvalue weighted by molar-refractivity contribution is 14.1. The van der Waals surface area contributed by atoms with Crippen LogP contribution in [0.1, 0.15) is 29.1 Å². The van der Waals surface area contributed by atoms with Gasteiger partial charge < -0.3 is 10.4 Å². The van der Waals surface area contributed by atoms with Crippen molar-refractivity contribution in [2.24, 2.45) is 0 Å². The van der Waals surface area contributed by atoms with Crippen molar-refractivity contribution in [3.05, 3.63) is 61.7 Å². The molecule has 2 N–H and O–H groups in total. The number of aromatic carboxylic acids is 1. The molecule has 2 aromatic heterocycles. The van der Waals surface area contributed by atoms with Gasteiger partial charge in [0.05, 0.1) is 22.3 Å². The Kier molecular flexibility index (Phi) is 6.47. The molecule has 0 saturated heterocycles. The molecule has 3 aromatic rings. The zero-order valence-corrected chi connectivity index (χ0v) is 18.7. The maximum absolute atomic E-state index is 11.9. The quantitative estimate of drug-likeness (QED) is 0.323. The molecule has 0 fully saturated rings. The average molecular weight is 531 g/mol. The monoisotopic (exact) mass is 530 g/mol. The molecule has 146 valence electrons. The SMILES string of the molecule is Cc1cc(-c2cnn([C@@H](C)CNc3cc(Cl)c(Cl)cc3I)c2C(=O)O)ccn1. The Labute approximate surface area is 186 Å². The molecule has 0 aliphatic rings. The van der Waals surface area contributed by atoms with E-state index in [-0.39, 0.29) is 11.7 Å². The van der Waals surface area contributed by atoms with Crippen LogP contribution in [0.3, 0.4) is 0 Å². The van der Waals surface area contributed by atoms with Crippen LogP contribution in [0.2, 0.25) is 10.0 Å². The Bertz CT molecular complexity index is 1040. The molecule has 3 rings (SSSR count). The molecule has 0 spiro atoms. The lowest BCUT2D eigenvalue weighted by Crippen LogP contribution is -2.21. The summed E-state index contributed by atoms with van der Waals surface area (Å²) in [6.45, 7) is 4.23. The van der Waals surface area contributed by atoms with Gasteiger partial charge >= 0.3 is 5.97 Å². The fourth-order valence-corrected chi connectivity index (χ4v) is 4.01. The first kappa shape index (κ1) is 20.9. The topological polar surface area (TPSA) is 80.0 Å². The second-order valence-corrected chi connectivity index (χ2v) is 8.30. The molecule has 1 aromatic carbocycles. The molecule has 2 heterocycles. The molecule has 0 aliphatic heterocycles. The van der Waals surface area contributed by atoms with Gasteiger partial charge in [-0.2, -0.15) is 5.10 Å². The normalized spacial score (nSPS) is 12.0. The van der Waals surface area contributed by atoms with E-state index in [2.05, 4.69) is 38.0 Å². The first-order valence-corrected chi connectivity index (χ1v) is 10.2. The standard InChI is InChI=1S/C19H17Cl2IN4O2/c1-10-5-12(3-4-23-10)13-9-25-26(18(13)19(27)28)11(2)8-24-17-7-15(21)14(20)6-16(17)22/h3-7,9,11,24H,8H2,1-2H3,(H,27,28)/t11-/m0/s1. The van der Waals surface area contributed by atoms with Gasteiger partial charge in [-0.3, -0.25) is 9.67 Å². The number of aromatic nitrogens is 3. The third-order valence-electron chi connectivity index (χ3n) is 4.22. The minimum atomic E-state index is -1.03. The van der Waals surface area contributed by atoms with Crippen molar-refractivity contribution in [1.82, 2.24) is 14.8 Å². The summed E-state index contributed by atoms with van der Waals surface area (Å²) in [5.41, 5.74) is 3.12. The fourth-order valence-electron chi connectivity index (χ4n) is 2.84. The van der Waals surface area contributed by atoms with Crippen LogP contribution in [0, 0.1) is 10.5 Å². The number of hydrogen-bond donors (Lipinski definition) is 2. The summed E-state index contributed by atoms with van der Waals surface area (Å²) in [7, 11) is 0. The Morgan fingerprint density at radius 3 is 2.71 bits per heavy atom. The summed E-state index contributed by atoms with van der Waals surface area (Å²) in [4.78, 5) is 16.1. The molecule has 0 amide bonds. The molecular formula is C19H17Cl2IN4O2. The number of aryl methyl sites for hydroxylation is 1. The van der Waals surface area contributed by atoms with Crippen LogP contribution >= 0.6 is 45.8 Å². The predicted octanol–water partition coefficient (Wildman–Crippen LogP) is 5.54. The van der Waals surface area contributed by atoms with E-state index in [9.17, 15) is 9.90 Å². The van der Waals surface area contributed by atoms with E-state index in [1.807, 2.05) is 19.9 Å². The van der Waals surface area contributed by atoms with Crippen LogP contribution in [0.15, 0.2) is 36.7 Å². The molecule has 9 heteroatoms. The van der Waals surface area contributed by atoms with E-state index in [0.29, 0.717) is 22.2 Å². The van der Waals surface area contributed by atoms with Crippen LogP contribution in [0.5, 0.6) is 0 Å². The maximum Gasteiger partial charge on any atom is 0.354 e. The Morgan fingerprint density at radius 2 is 2.04 bits per heavy atom. The minimum Gasteiger partial charge on any atom is -0.477 e. The second-order valence-electron chi connectivity index (χ2n) is 6.32. The minimum absolute atomic E-state index is 0.142. The van der Waals surface area contributed by atoms with Gasteiger partial charge in [0.2, 0.25) is 0 Å². The highest BCUT2D eigenvalue weighted by Crippen LogP contribution is 2.31. The van der Waals surface area contributed by atoms with Crippen molar-refractivity contribution in [2.75, 3.05) is 11.9 Å². The number of nitrogens with one attached hydrogen (secondary N) is 1. The average Bonchev–Trinajstić information content (AvgIpc) is 3.09. The van der Waals surface area contributed by atoms with Gasteiger partial charge in [-0.15, -0.1) is 0 Å². The zero-order chi connectivity index (χ0) is 20.4. The van der Waals surface area contributed by atoms with E-state index in [1.54, 1.807) is 30.6 Å². The number of carbonyl (C=O) groups is 1. The lowest BCUT2D eigenvalue weighted by atomic mass is 10.1. The van der Waals surface area contributed by atoms with Crippen LogP contribution in [-0.4, -0.2) is 32.4 Å². The van der Waals surface area contributed by atoms with Gasteiger partial charge in [0, 0.05) is 33.3 Å². The number of halogens is 3. The van der Waals surface area contributed by atoms with Gasteiger partial charge in [0.1, 0.15) is 0 Å². The van der Waals surface area contributed by atoms with Crippen molar-refractivity contribution in [3.8, 4) is 11.1 Å². The molecule has 0 saturated carbocycles. The lowest BCUT2D eigenvalue weighted by molar-refractivity contribution is 0.0682. The summed E-state index contributed by atoms with van der Waals surface area (Å²) in [5, 5.41) is 18.4. The number of hydrogen-bond acceptors (Lipinski definition) is 4. The Morgan fingerprint density at radius 1 is 1.32 bits per heavy atom. The Hall–Kier alpha value is -1.84.